The molecular formula is C20H17ClN4O3. The predicted molar refractivity (Wildman–Crippen MR) is 105 cm³/mol. The van der Waals surface area contributed by atoms with E-state index in [1.165, 1.54) is 6.20 Å². The molecule has 1 fully saturated rings. The fourth-order valence-corrected chi connectivity index (χ4v) is 3.56. The topological polar surface area (TPSA) is 111 Å². The van der Waals surface area contributed by atoms with Gasteiger partial charge in [0.15, 0.2) is 0 Å². The number of hydrogen-bond acceptors (Lipinski definition) is 5. The molecule has 7 nitrogen and oxygen atoms in total. The third kappa shape index (κ3) is 3.08. The van der Waals surface area contributed by atoms with Crippen LogP contribution in [0.3, 0.4) is 0 Å². The zero-order valence-electron chi connectivity index (χ0n) is 14.7. The van der Waals surface area contributed by atoms with Crippen molar-refractivity contribution in [3.05, 3.63) is 75.3 Å². The average molecular weight is 397 g/mol. The third-order valence-corrected chi connectivity index (χ3v) is 5.25. The molecule has 2 heterocycles. The van der Waals surface area contributed by atoms with E-state index in [1.54, 1.807) is 42.6 Å². The molecule has 142 valence electrons. The summed E-state index contributed by atoms with van der Waals surface area (Å²) in [7, 11) is 0. The van der Waals surface area contributed by atoms with Crippen molar-refractivity contribution in [1.82, 2.24) is 14.8 Å². The minimum absolute atomic E-state index is 0.160. The lowest BCUT2D eigenvalue weighted by atomic mass is 9.74. The van der Waals surface area contributed by atoms with Gasteiger partial charge in [0.05, 0.1) is 23.7 Å². The van der Waals surface area contributed by atoms with E-state index in [2.05, 4.69) is 10.1 Å². The minimum atomic E-state index is -0.852. The van der Waals surface area contributed by atoms with Crippen LogP contribution in [0.4, 0.5) is 0 Å². The van der Waals surface area contributed by atoms with Crippen molar-refractivity contribution in [1.29, 1.82) is 0 Å². The number of amides is 1. The monoisotopic (exact) mass is 396 g/mol. The zero-order chi connectivity index (χ0) is 19.8. The van der Waals surface area contributed by atoms with Crippen LogP contribution < -0.4 is 11.3 Å². The van der Waals surface area contributed by atoms with Gasteiger partial charge in [0, 0.05) is 28.3 Å². The van der Waals surface area contributed by atoms with E-state index in [0.717, 1.165) is 4.68 Å². The average Bonchev–Trinajstić information content (AvgIpc) is 2.68. The Kier molecular flexibility index (Phi) is 4.70. The Morgan fingerprint density at radius 2 is 1.96 bits per heavy atom. The molecule has 1 aliphatic carbocycles. The molecule has 1 aromatic carbocycles. The first-order valence-electron chi connectivity index (χ1n) is 8.79. The number of benzene rings is 1. The fraction of sp³-hybridized carbons (Fsp3) is 0.200. The Hall–Kier alpha value is -3.03. The number of rotatable bonds is 4. The highest BCUT2D eigenvalue weighted by Gasteiger charge is 2.37. The molecule has 3 N–H and O–H groups in total. The zero-order valence-corrected chi connectivity index (χ0v) is 15.5. The second-order valence-electron chi connectivity index (χ2n) is 6.69. The van der Waals surface area contributed by atoms with Crippen molar-refractivity contribution in [2.75, 3.05) is 0 Å². The lowest BCUT2D eigenvalue weighted by Gasteiger charge is -2.34. The largest absolute Gasteiger partial charge is 0.392 e. The molecule has 8 heteroatoms. The second-order valence-corrected chi connectivity index (χ2v) is 7.12. The summed E-state index contributed by atoms with van der Waals surface area (Å²) in [5.74, 6) is -1.23. The normalized spacial score (nSPS) is 18.5. The SMILES string of the molecule is NC(=O)c1c(C2CCC2O)c(-c2ccc(Cl)cc2)nn(-c2cccnc2)c1=O. The van der Waals surface area contributed by atoms with Crippen LogP contribution in [-0.4, -0.2) is 31.9 Å². The Morgan fingerprint density at radius 1 is 1.21 bits per heavy atom. The van der Waals surface area contributed by atoms with Crippen LogP contribution in [0.25, 0.3) is 16.9 Å². The van der Waals surface area contributed by atoms with Gasteiger partial charge >= 0.3 is 0 Å². The molecule has 2 atom stereocenters. The number of halogens is 1. The summed E-state index contributed by atoms with van der Waals surface area (Å²) in [6.07, 6.45) is 3.62. The van der Waals surface area contributed by atoms with Crippen molar-refractivity contribution in [2.45, 2.75) is 24.9 Å². The first kappa shape index (κ1) is 18.3. The number of nitrogens with zero attached hydrogens (tertiary/aromatic N) is 3. The number of carbonyl (C=O) groups is 1. The van der Waals surface area contributed by atoms with Crippen LogP contribution in [0.5, 0.6) is 0 Å². The number of nitrogens with two attached hydrogens (primary N) is 1. The van der Waals surface area contributed by atoms with Gasteiger partial charge in [0.25, 0.3) is 11.5 Å². The maximum atomic E-state index is 13.1. The molecule has 3 aromatic rings. The number of primary amides is 1. The van der Waals surface area contributed by atoms with E-state index in [4.69, 9.17) is 17.3 Å². The Balaban J connectivity index is 2.06. The van der Waals surface area contributed by atoms with Gasteiger partial charge in [-0.25, -0.2) is 0 Å². The van der Waals surface area contributed by atoms with Crippen molar-refractivity contribution >= 4 is 17.5 Å². The van der Waals surface area contributed by atoms with Gasteiger partial charge in [0.1, 0.15) is 5.56 Å². The Labute approximate surface area is 165 Å². The quantitative estimate of drug-likeness (QED) is 0.702. The lowest BCUT2D eigenvalue weighted by Crippen LogP contribution is -2.38. The summed E-state index contributed by atoms with van der Waals surface area (Å²) in [5, 5.41) is 15.3. The molecule has 2 aromatic heterocycles. The second kappa shape index (κ2) is 7.18. The summed E-state index contributed by atoms with van der Waals surface area (Å²) >= 11 is 6.00. The maximum Gasteiger partial charge on any atom is 0.284 e. The number of pyridine rings is 1. The van der Waals surface area contributed by atoms with Gasteiger partial charge in [-0.1, -0.05) is 23.7 Å². The summed E-state index contributed by atoms with van der Waals surface area (Å²) in [5.41, 5.74) is 6.68. The molecule has 2 unspecified atom stereocenters. The molecule has 0 saturated heterocycles. The molecule has 0 aliphatic heterocycles. The van der Waals surface area contributed by atoms with Crippen molar-refractivity contribution < 1.29 is 9.90 Å². The summed E-state index contributed by atoms with van der Waals surface area (Å²) in [6.45, 7) is 0. The first-order valence-corrected chi connectivity index (χ1v) is 9.16. The fourth-order valence-electron chi connectivity index (χ4n) is 3.43. The van der Waals surface area contributed by atoms with Gasteiger partial charge in [-0.3, -0.25) is 14.6 Å². The molecule has 0 spiro atoms. The molecule has 1 aliphatic rings. The van der Waals surface area contributed by atoms with E-state index in [1.807, 2.05) is 0 Å². The smallest absolute Gasteiger partial charge is 0.284 e. The van der Waals surface area contributed by atoms with Gasteiger partial charge < -0.3 is 10.8 Å². The van der Waals surface area contributed by atoms with E-state index in [9.17, 15) is 14.7 Å². The summed E-state index contributed by atoms with van der Waals surface area (Å²) < 4.78 is 1.12. The molecule has 0 radical (unpaired) electrons. The standard InChI is InChI=1S/C20H17ClN4O3/c21-12-5-3-11(4-6-12)18-16(14-7-8-15(14)26)17(19(22)27)20(28)25(24-18)13-2-1-9-23-10-13/h1-6,9-10,14-15,26H,7-8H2,(H2,22,27). The number of carbonyl (C=O) groups excluding carboxylic acids is 1. The van der Waals surface area contributed by atoms with Crippen LogP contribution in [0, 0.1) is 0 Å². The molecule has 4 rings (SSSR count). The number of aliphatic hydroxyl groups is 1. The van der Waals surface area contributed by atoms with Gasteiger partial charge in [-0.2, -0.15) is 9.78 Å². The van der Waals surface area contributed by atoms with E-state index in [-0.39, 0.29) is 11.5 Å². The third-order valence-electron chi connectivity index (χ3n) is 4.99. The van der Waals surface area contributed by atoms with Crippen LogP contribution in [-0.2, 0) is 0 Å². The lowest BCUT2D eigenvalue weighted by molar-refractivity contribution is 0.0654. The van der Waals surface area contributed by atoms with Gasteiger partial charge in [-0.15, -0.1) is 0 Å². The van der Waals surface area contributed by atoms with Crippen molar-refractivity contribution in [3.8, 4) is 16.9 Å². The predicted octanol–water partition coefficient (Wildman–Crippen LogP) is 2.29. The van der Waals surface area contributed by atoms with E-state index >= 15 is 0 Å². The highest BCUT2D eigenvalue weighted by molar-refractivity contribution is 6.30. The van der Waals surface area contributed by atoms with Crippen LogP contribution >= 0.6 is 11.6 Å². The highest BCUT2D eigenvalue weighted by Crippen LogP contribution is 2.42. The molecule has 1 saturated carbocycles. The number of aromatic nitrogens is 3. The number of aliphatic hydroxyl groups excluding tert-OH is 1. The minimum Gasteiger partial charge on any atom is -0.392 e. The number of hydrogen-bond donors (Lipinski definition) is 2. The first-order chi connectivity index (χ1) is 13.5. The van der Waals surface area contributed by atoms with Crippen LogP contribution in [0.1, 0.15) is 34.7 Å². The Bertz CT molecular complexity index is 1100. The maximum absolute atomic E-state index is 13.1. The Morgan fingerprint density at radius 3 is 2.50 bits per heavy atom. The van der Waals surface area contributed by atoms with Crippen LogP contribution in [0.15, 0.2) is 53.6 Å². The van der Waals surface area contributed by atoms with Crippen molar-refractivity contribution in [2.24, 2.45) is 5.73 Å². The van der Waals surface area contributed by atoms with Crippen molar-refractivity contribution in [3.63, 3.8) is 0 Å². The molecule has 0 bridgehead atoms. The van der Waals surface area contributed by atoms with E-state index in [0.29, 0.717) is 40.4 Å². The van der Waals surface area contributed by atoms with E-state index < -0.39 is 17.6 Å². The van der Waals surface area contributed by atoms with Gasteiger partial charge in [0.2, 0.25) is 0 Å². The van der Waals surface area contributed by atoms with Gasteiger partial charge in [-0.05, 0) is 37.1 Å². The summed E-state index contributed by atoms with van der Waals surface area (Å²) in [6, 6.07) is 10.2. The molecular weight excluding hydrogens is 380 g/mol. The molecule has 1 amide bonds. The highest BCUT2D eigenvalue weighted by atomic mass is 35.5. The van der Waals surface area contributed by atoms with Crippen LogP contribution in [0.2, 0.25) is 5.02 Å². The molecule has 28 heavy (non-hydrogen) atoms. The summed E-state index contributed by atoms with van der Waals surface area (Å²) in [4.78, 5) is 29.4.